The Kier molecular flexibility index (Phi) is 6.40. The van der Waals surface area contributed by atoms with Crippen molar-refractivity contribution in [1.82, 2.24) is 9.80 Å². The van der Waals surface area contributed by atoms with E-state index in [-0.39, 0.29) is 24.5 Å². The first kappa shape index (κ1) is 17.3. The quantitative estimate of drug-likeness (QED) is 0.686. The van der Waals surface area contributed by atoms with Gasteiger partial charge in [0.2, 0.25) is 11.8 Å². The normalized spacial score (nSPS) is 17.0. The number of rotatable bonds is 8. The Hall–Kier alpha value is -2.08. The van der Waals surface area contributed by atoms with E-state index in [4.69, 9.17) is 9.15 Å². The molecule has 1 saturated heterocycles. The molecule has 1 fully saturated rings. The lowest BCUT2D eigenvalue weighted by atomic mass is 10.2. The Bertz CT molecular complexity index is 521. The molecule has 1 atom stereocenters. The topological polar surface area (TPSA) is 63.0 Å². The molecule has 23 heavy (non-hydrogen) atoms. The van der Waals surface area contributed by atoms with Crippen molar-refractivity contribution in [3.8, 4) is 0 Å². The summed E-state index contributed by atoms with van der Waals surface area (Å²) in [7, 11) is 0. The standard InChI is InChI=1S/C17H24N2O4/c1-3-8-18(14(2)20)13-17(21)19(11-15-6-4-9-22-15)12-16-7-5-10-23-16/h3-4,6,9,16H,1,5,7-8,10-13H2,2H3. The van der Waals surface area contributed by atoms with E-state index in [0.717, 1.165) is 25.2 Å². The molecule has 0 N–H and O–H groups in total. The molecule has 0 aliphatic carbocycles. The van der Waals surface area contributed by atoms with Crippen LogP contribution in [0.25, 0.3) is 0 Å². The molecule has 0 radical (unpaired) electrons. The Labute approximate surface area is 136 Å². The van der Waals surface area contributed by atoms with Gasteiger partial charge in [0.1, 0.15) is 12.3 Å². The summed E-state index contributed by atoms with van der Waals surface area (Å²) in [4.78, 5) is 27.4. The zero-order chi connectivity index (χ0) is 16.7. The molecule has 6 heteroatoms. The van der Waals surface area contributed by atoms with Crippen molar-refractivity contribution in [3.63, 3.8) is 0 Å². The Morgan fingerprint density at radius 1 is 1.43 bits per heavy atom. The minimum Gasteiger partial charge on any atom is -0.467 e. The third kappa shape index (κ3) is 5.25. The summed E-state index contributed by atoms with van der Waals surface area (Å²) in [6, 6.07) is 3.63. The monoisotopic (exact) mass is 320 g/mol. The van der Waals surface area contributed by atoms with E-state index in [2.05, 4.69) is 6.58 Å². The van der Waals surface area contributed by atoms with Crippen molar-refractivity contribution in [3.05, 3.63) is 36.8 Å². The van der Waals surface area contributed by atoms with Crippen LogP contribution in [0.3, 0.4) is 0 Å². The summed E-state index contributed by atoms with van der Waals surface area (Å²) in [6.07, 6.45) is 5.23. The number of carbonyl (C=O) groups excluding carboxylic acids is 2. The number of hydrogen-bond donors (Lipinski definition) is 0. The zero-order valence-electron chi connectivity index (χ0n) is 13.6. The molecule has 1 aliphatic heterocycles. The molecule has 1 aromatic rings. The van der Waals surface area contributed by atoms with Gasteiger partial charge in [0.05, 0.1) is 18.9 Å². The molecule has 0 aromatic carbocycles. The first-order valence-corrected chi connectivity index (χ1v) is 7.88. The van der Waals surface area contributed by atoms with Crippen LogP contribution in [0.1, 0.15) is 25.5 Å². The van der Waals surface area contributed by atoms with Gasteiger partial charge in [-0.2, -0.15) is 0 Å². The highest BCUT2D eigenvalue weighted by molar-refractivity contribution is 5.84. The van der Waals surface area contributed by atoms with Crippen LogP contribution in [-0.4, -0.2) is 54.0 Å². The van der Waals surface area contributed by atoms with Crippen LogP contribution in [-0.2, 0) is 20.9 Å². The van der Waals surface area contributed by atoms with Gasteiger partial charge in [-0.25, -0.2) is 0 Å². The molecule has 2 rings (SSSR count). The van der Waals surface area contributed by atoms with E-state index >= 15 is 0 Å². The highest BCUT2D eigenvalue weighted by Crippen LogP contribution is 2.16. The van der Waals surface area contributed by atoms with Crippen LogP contribution in [0.2, 0.25) is 0 Å². The van der Waals surface area contributed by atoms with Crippen molar-refractivity contribution >= 4 is 11.8 Å². The summed E-state index contributed by atoms with van der Waals surface area (Å²) >= 11 is 0. The number of amides is 2. The van der Waals surface area contributed by atoms with Gasteiger partial charge in [-0.15, -0.1) is 6.58 Å². The van der Waals surface area contributed by atoms with Crippen LogP contribution in [0, 0.1) is 0 Å². The average molecular weight is 320 g/mol. The molecule has 2 heterocycles. The summed E-state index contributed by atoms with van der Waals surface area (Å²) in [5, 5.41) is 0. The van der Waals surface area contributed by atoms with Crippen molar-refractivity contribution in [2.75, 3.05) is 26.2 Å². The number of hydrogen-bond acceptors (Lipinski definition) is 4. The Morgan fingerprint density at radius 3 is 2.83 bits per heavy atom. The first-order valence-electron chi connectivity index (χ1n) is 7.88. The van der Waals surface area contributed by atoms with Crippen molar-refractivity contribution in [2.45, 2.75) is 32.4 Å². The molecular formula is C17H24N2O4. The second kappa shape index (κ2) is 8.53. The minimum absolute atomic E-state index is 0.0365. The van der Waals surface area contributed by atoms with Crippen molar-refractivity contribution in [2.24, 2.45) is 0 Å². The fraction of sp³-hybridized carbons (Fsp3) is 0.529. The molecular weight excluding hydrogens is 296 g/mol. The van der Waals surface area contributed by atoms with Gasteiger partial charge in [0.25, 0.3) is 0 Å². The third-order valence-corrected chi connectivity index (χ3v) is 3.85. The molecule has 0 spiro atoms. The van der Waals surface area contributed by atoms with E-state index < -0.39 is 0 Å². The highest BCUT2D eigenvalue weighted by Gasteiger charge is 2.25. The molecule has 2 amide bonds. The SMILES string of the molecule is C=CCN(CC(=O)N(Cc1ccco1)CC1CCCO1)C(C)=O. The summed E-state index contributed by atoms with van der Waals surface area (Å²) in [5.41, 5.74) is 0. The largest absolute Gasteiger partial charge is 0.467 e. The van der Waals surface area contributed by atoms with Gasteiger partial charge in [0, 0.05) is 26.6 Å². The van der Waals surface area contributed by atoms with E-state index in [1.165, 1.54) is 11.8 Å². The highest BCUT2D eigenvalue weighted by atomic mass is 16.5. The lowest BCUT2D eigenvalue weighted by Crippen LogP contribution is -2.44. The van der Waals surface area contributed by atoms with Crippen LogP contribution in [0.5, 0.6) is 0 Å². The summed E-state index contributed by atoms with van der Waals surface area (Å²) < 4.78 is 11.0. The molecule has 126 valence electrons. The van der Waals surface area contributed by atoms with E-state index in [1.54, 1.807) is 23.3 Å². The number of furan rings is 1. The van der Waals surface area contributed by atoms with E-state index in [9.17, 15) is 9.59 Å². The maximum atomic E-state index is 12.6. The lowest BCUT2D eigenvalue weighted by molar-refractivity contribution is -0.140. The predicted octanol–water partition coefficient (Wildman–Crippen LogP) is 1.82. The van der Waals surface area contributed by atoms with Crippen LogP contribution >= 0.6 is 0 Å². The van der Waals surface area contributed by atoms with Crippen LogP contribution < -0.4 is 0 Å². The van der Waals surface area contributed by atoms with Gasteiger partial charge in [-0.05, 0) is 25.0 Å². The van der Waals surface area contributed by atoms with Crippen molar-refractivity contribution in [1.29, 1.82) is 0 Å². The van der Waals surface area contributed by atoms with Crippen LogP contribution in [0.4, 0.5) is 0 Å². The van der Waals surface area contributed by atoms with Gasteiger partial charge in [0.15, 0.2) is 0 Å². The van der Waals surface area contributed by atoms with Gasteiger partial charge < -0.3 is 19.0 Å². The predicted molar refractivity (Wildman–Crippen MR) is 85.6 cm³/mol. The van der Waals surface area contributed by atoms with Gasteiger partial charge in [-0.1, -0.05) is 6.08 Å². The number of ether oxygens (including phenoxy) is 1. The van der Waals surface area contributed by atoms with Crippen molar-refractivity contribution < 1.29 is 18.7 Å². The number of nitrogens with zero attached hydrogens (tertiary/aromatic N) is 2. The average Bonchev–Trinajstić information content (AvgIpc) is 3.19. The zero-order valence-corrected chi connectivity index (χ0v) is 13.6. The maximum absolute atomic E-state index is 12.6. The lowest BCUT2D eigenvalue weighted by Gasteiger charge is -2.27. The molecule has 1 aromatic heterocycles. The fourth-order valence-electron chi connectivity index (χ4n) is 2.60. The van der Waals surface area contributed by atoms with Crippen LogP contribution in [0.15, 0.2) is 35.5 Å². The molecule has 6 nitrogen and oxygen atoms in total. The first-order chi connectivity index (χ1) is 11.1. The second-order valence-electron chi connectivity index (χ2n) is 5.68. The summed E-state index contributed by atoms with van der Waals surface area (Å²) in [5.74, 6) is 0.455. The maximum Gasteiger partial charge on any atom is 0.242 e. The molecule has 0 saturated carbocycles. The molecule has 0 bridgehead atoms. The third-order valence-electron chi connectivity index (χ3n) is 3.85. The summed E-state index contributed by atoms with van der Waals surface area (Å²) in [6.45, 7) is 7.10. The minimum atomic E-state index is -0.145. The fourth-order valence-corrected chi connectivity index (χ4v) is 2.60. The Balaban J connectivity index is 2.02. The van der Waals surface area contributed by atoms with E-state index in [1.807, 2.05) is 6.07 Å². The smallest absolute Gasteiger partial charge is 0.242 e. The molecule has 1 unspecified atom stereocenters. The number of carbonyl (C=O) groups is 2. The van der Waals surface area contributed by atoms with Gasteiger partial charge >= 0.3 is 0 Å². The van der Waals surface area contributed by atoms with E-state index in [0.29, 0.717) is 19.6 Å². The Morgan fingerprint density at radius 2 is 2.26 bits per heavy atom. The molecule has 1 aliphatic rings. The second-order valence-corrected chi connectivity index (χ2v) is 5.68. The van der Waals surface area contributed by atoms with Gasteiger partial charge in [-0.3, -0.25) is 9.59 Å².